The fourth-order valence-corrected chi connectivity index (χ4v) is 8.25. The zero-order valence-corrected chi connectivity index (χ0v) is 31.0. The van der Waals surface area contributed by atoms with Gasteiger partial charge in [-0.2, -0.15) is 4.31 Å². The summed E-state index contributed by atoms with van der Waals surface area (Å²) in [6.45, 7) is 5.52. The number of aromatic nitrogens is 2. The number of quaternary nitrogens is 1. The SMILES string of the molecule is COc1cc(C(C)(C)c2cnc(SCc3c(C)cc(S(=O)(=O)N(CCC[N+](C)(C)C)CC(=O)O)cc3F)n2-c2ccc(F)cc2)ccc1Cl. The van der Waals surface area contributed by atoms with E-state index in [4.69, 9.17) is 16.3 Å². The van der Waals surface area contributed by atoms with E-state index in [1.165, 1.54) is 37.1 Å². The van der Waals surface area contributed by atoms with Crippen molar-refractivity contribution in [1.82, 2.24) is 13.9 Å². The van der Waals surface area contributed by atoms with Crippen molar-refractivity contribution in [1.29, 1.82) is 0 Å². The topological polar surface area (TPSA) is 102 Å². The van der Waals surface area contributed by atoms with Crippen LogP contribution >= 0.6 is 23.4 Å². The van der Waals surface area contributed by atoms with Gasteiger partial charge in [0.15, 0.2) is 5.16 Å². The first-order valence-electron chi connectivity index (χ1n) is 15.5. The van der Waals surface area contributed by atoms with Gasteiger partial charge in [-0.1, -0.05) is 43.3 Å². The second kappa shape index (κ2) is 15.2. The van der Waals surface area contributed by atoms with Crippen LogP contribution in [0.3, 0.4) is 0 Å². The third-order valence-corrected chi connectivity index (χ3v) is 11.4. The van der Waals surface area contributed by atoms with E-state index in [0.29, 0.717) is 44.6 Å². The molecule has 0 radical (unpaired) electrons. The fourth-order valence-electron chi connectivity index (χ4n) is 5.43. The van der Waals surface area contributed by atoms with Crippen LogP contribution in [0.15, 0.2) is 70.8 Å². The molecule has 0 amide bonds. The summed E-state index contributed by atoms with van der Waals surface area (Å²) < 4.78 is 65.6. The van der Waals surface area contributed by atoms with E-state index in [-0.39, 0.29) is 22.8 Å². The largest absolute Gasteiger partial charge is 0.495 e. The van der Waals surface area contributed by atoms with Gasteiger partial charge in [0.25, 0.3) is 0 Å². The molecule has 1 heterocycles. The number of methoxy groups -OCH3 is 1. The van der Waals surface area contributed by atoms with Crippen molar-refractivity contribution in [2.45, 2.75) is 48.4 Å². The molecule has 0 spiro atoms. The maximum Gasteiger partial charge on any atom is 0.318 e. The Bertz CT molecular complexity index is 1900. The van der Waals surface area contributed by atoms with Crippen LogP contribution in [0.2, 0.25) is 5.02 Å². The number of aryl methyl sites for hydroxylation is 1. The molecule has 0 aliphatic heterocycles. The van der Waals surface area contributed by atoms with Crippen molar-refractivity contribution in [3.63, 3.8) is 0 Å². The normalized spacial score (nSPS) is 12.5. The first-order valence-corrected chi connectivity index (χ1v) is 18.3. The molecule has 0 aliphatic carbocycles. The highest BCUT2D eigenvalue weighted by molar-refractivity contribution is 7.98. The van der Waals surface area contributed by atoms with E-state index < -0.39 is 39.6 Å². The number of rotatable bonds is 15. The molecule has 3 aromatic carbocycles. The molecule has 49 heavy (non-hydrogen) atoms. The summed E-state index contributed by atoms with van der Waals surface area (Å²) in [7, 11) is 3.10. The van der Waals surface area contributed by atoms with Crippen LogP contribution in [-0.4, -0.2) is 85.7 Å². The minimum absolute atomic E-state index is 0.0179. The summed E-state index contributed by atoms with van der Waals surface area (Å²) in [6.07, 6.45) is 2.15. The Morgan fingerprint density at radius 1 is 1.10 bits per heavy atom. The van der Waals surface area contributed by atoms with Crippen molar-refractivity contribution >= 4 is 39.4 Å². The first-order chi connectivity index (χ1) is 22.8. The van der Waals surface area contributed by atoms with Gasteiger partial charge in [0, 0.05) is 35.4 Å². The van der Waals surface area contributed by atoms with E-state index in [9.17, 15) is 22.7 Å². The Kier molecular flexibility index (Phi) is 11.9. The Hall–Kier alpha value is -3.49. The monoisotopic (exact) mass is 735 g/mol. The number of hydrogen-bond donors (Lipinski definition) is 1. The summed E-state index contributed by atoms with van der Waals surface area (Å²) in [5, 5.41) is 10.4. The highest BCUT2D eigenvalue weighted by Crippen LogP contribution is 2.39. The molecule has 0 unspecified atom stereocenters. The van der Waals surface area contributed by atoms with Gasteiger partial charge < -0.3 is 14.3 Å². The van der Waals surface area contributed by atoms with Gasteiger partial charge in [0.2, 0.25) is 10.0 Å². The molecule has 9 nitrogen and oxygen atoms in total. The lowest BCUT2D eigenvalue weighted by Crippen LogP contribution is -2.40. The number of thioether (sulfide) groups is 1. The standard InChI is InChI=1S/C35H41ClF2N4O5S2/c1-23-17-27(49(45,46)40(21-33(43)44)15-8-16-42(4,5)6)19-30(38)28(23)22-48-34-39-20-32(41(34)26-12-10-25(37)11-13-26)35(2,3)24-9-14-29(36)31(18-24)47-7/h9-14,17-20H,8,15-16,21-22H2,1-7H3/p+1. The smallest absolute Gasteiger partial charge is 0.318 e. The van der Waals surface area contributed by atoms with Gasteiger partial charge in [-0.05, 0) is 66.6 Å². The lowest BCUT2D eigenvalue weighted by molar-refractivity contribution is -0.870. The zero-order chi connectivity index (χ0) is 36.3. The number of carboxylic acid groups (broad SMARTS) is 1. The van der Waals surface area contributed by atoms with Crippen LogP contribution in [0, 0.1) is 18.6 Å². The zero-order valence-electron chi connectivity index (χ0n) is 28.6. The molecule has 0 fully saturated rings. The Labute approximate surface area is 296 Å². The van der Waals surface area contributed by atoms with Crippen LogP contribution in [0.4, 0.5) is 8.78 Å². The number of ether oxygens (including phenoxy) is 1. The molecule has 4 aromatic rings. The molecule has 0 atom stereocenters. The van der Waals surface area contributed by atoms with Crippen LogP contribution < -0.4 is 4.74 Å². The molecule has 0 saturated heterocycles. The summed E-state index contributed by atoms with van der Waals surface area (Å²) >= 11 is 7.54. The van der Waals surface area contributed by atoms with Crippen LogP contribution in [-0.2, 0) is 26.0 Å². The van der Waals surface area contributed by atoms with E-state index in [0.717, 1.165) is 21.6 Å². The average Bonchev–Trinajstić information content (AvgIpc) is 3.44. The van der Waals surface area contributed by atoms with Gasteiger partial charge in [0.1, 0.15) is 23.9 Å². The average molecular weight is 736 g/mol. The van der Waals surface area contributed by atoms with Crippen LogP contribution in [0.1, 0.15) is 42.7 Å². The van der Waals surface area contributed by atoms with Gasteiger partial charge in [0.05, 0.1) is 56.6 Å². The Balaban J connectivity index is 1.68. The lowest BCUT2D eigenvalue weighted by Gasteiger charge is -2.28. The minimum atomic E-state index is -4.30. The number of nitrogens with zero attached hydrogens (tertiary/aromatic N) is 4. The molecule has 0 saturated carbocycles. The molecule has 0 aliphatic rings. The number of imidazole rings is 1. The third-order valence-electron chi connectivity index (χ3n) is 8.25. The van der Waals surface area contributed by atoms with Crippen molar-refractivity contribution in [2.24, 2.45) is 0 Å². The lowest BCUT2D eigenvalue weighted by atomic mass is 9.81. The predicted octanol–water partition coefficient (Wildman–Crippen LogP) is 6.91. The number of aliphatic carboxylic acids is 1. The molecule has 4 rings (SSSR count). The highest BCUT2D eigenvalue weighted by atomic mass is 35.5. The quantitative estimate of drug-likeness (QED) is 0.105. The summed E-state index contributed by atoms with van der Waals surface area (Å²) in [5.41, 5.74) is 2.34. The van der Waals surface area contributed by atoms with E-state index in [2.05, 4.69) is 4.98 Å². The number of halogens is 3. The fraction of sp³-hybridized carbons (Fsp3) is 0.371. The van der Waals surface area contributed by atoms with Crippen LogP contribution in [0.5, 0.6) is 5.75 Å². The second-order valence-corrected chi connectivity index (χ2v) is 16.6. The van der Waals surface area contributed by atoms with Gasteiger partial charge in [-0.3, -0.25) is 9.36 Å². The molecule has 14 heteroatoms. The van der Waals surface area contributed by atoms with Gasteiger partial charge in [-0.15, -0.1) is 0 Å². The molecular weight excluding hydrogens is 694 g/mol. The summed E-state index contributed by atoms with van der Waals surface area (Å²) in [6, 6.07) is 13.8. The maximum atomic E-state index is 15.8. The molecular formula is C35H42ClF2N4O5S2+. The summed E-state index contributed by atoms with van der Waals surface area (Å²) in [5.74, 6) is -1.81. The Morgan fingerprint density at radius 3 is 2.37 bits per heavy atom. The van der Waals surface area contributed by atoms with Gasteiger partial charge in [-0.25, -0.2) is 22.2 Å². The third kappa shape index (κ3) is 9.01. The van der Waals surface area contributed by atoms with Crippen molar-refractivity contribution in [3.05, 3.63) is 99.8 Å². The number of hydrogen-bond acceptors (Lipinski definition) is 6. The van der Waals surface area contributed by atoms with Crippen molar-refractivity contribution in [3.8, 4) is 11.4 Å². The number of carboxylic acids is 1. The first kappa shape index (κ1) is 38.3. The van der Waals surface area contributed by atoms with Crippen molar-refractivity contribution in [2.75, 3.05) is 47.9 Å². The molecule has 264 valence electrons. The number of carbonyl (C=O) groups is 1. The minimum Gasteiger partial charge on any atom is -0.495 e. The Morgan fingerprint density at radius 2 is 1.78 bits per heavy atom. The number of sulfonamides is 1. The predicted molar refractivity (Wildman–Crippen MR) is 188 cm³/mol. The van der Waals surface area contributed by atoms with E-state index in [1.54, 1.807) is 31.3 Å². The molecule has 1 aromatic heterocycles. The maximum absolute atomic E-state index is 15.8. The second-order valence-electron chi connectivity index (χ2n) is 13.3. The van der Waals surface area contributed by atoms with Crippen molar-refractivity contribution < 1.29 is 36.3 Å². The van der Waals surface area contributed by atoms with E-state index >= 15 is 4.39 Å². The number of benzene rings is 3. The molecule has 0 bridgehead atoms. The molecule has 1 N–H and O–H groups in total. The van der Waals surface area contributed by atoms with Crippen LogP contribution in [0.25, 0.3) is 5.69 Å². The summed E-state index contributed by atoms with van der Waals surface area (Å²) in [4.78, 5) is 15.9. The highest BCUT2D eigenvalue weighted by Gasteiger charge is 2.31. The van der Waals surface area contributed by atoms with Gasteiger partial charge >= 0.3 is 5.97 Å². The van der Waals surface area contributed by atoms with E-state index in [1.807, 2.05) is 51.7 Å².